The van der Waals surface area contributed by atoms with Gasteiger partial charge >= 0.3 is 0 Å². The van der Waals surface area contributed by atoms with Gasteiger partial charge in [-0.1, -0.05) is 12.8 Å². The first kappa shape index (κ1) is 12.7. The molecule has 96 valence electrons. The van der Waals surface area contributed by atoms with Crippen molar-refractivity contribution in [3.05, 3.63) is 29.3 Å². The molecule has 0 saturated heterocycles. The van der Waals surface area contributed by atoms with Gasteiger partial charge in [-0.2, -0.15) is 9.38 Å². The second kappa shape index (κ2) is 4.86. The highest BCUT2D eigenvalue weighted by Gasteiger charge is 2.39. The second-order valence-electron chi connectivity index (χ2n) is 4.39. The molecule has 0 unspecified atom stereocenters. The van der Waals surface area contributed by atoms with Crippen molar-refractivity contribution in [1.82, 2.24) is 0 Å². The maximum Gasteiger partial charge on any atom is 0.235 e. The highest BCUT2D eigenvalue weighted by molar-refractivity contribution is 5.41. The summed E-state index contributed by atoms with van der Waals surface area (Å²) in [5.74, 6) is -2.18. The molecule has 0 aromatic heterocycles. The van der Waals surface area contributed by atoms with E-state index >= 15 is 0 Å². The SMILES string of the molecule is COc1ccc(C2(N=C=O)CCCC2)c(F)c1F. The molecule has 2 rings (SSSR count). The summed E-state index contributed by atoms with van der Waals surface area (Å²) in [5, 5.41) is 0. The highest BCUT2D eigenvalue weighted by atomic mass is 19.2. The van der Waals surface area contributed by atoms with Gasteiger partial charge < -0.3 is 4.74 Å². The molecule has 0 N–H and O–H groups in total. The summed E-state index contributed by atoms with van der Waals surface area (Å²) in [6.45, 7) is 0. The number of carbonyl (C=O) groups excluding carboxylic acids is 1. The van der Waals surface area contributed by atoms with Crippen LogP contribution in [0.5, 0.6) is 5.75 Å². The Morgan fingerprint density at radius 3 is 2.50 bits per heavy atom. The molecule has 3 nitrogen and oxygen atoms in total. The molecule has 1 aliphatic carbocycles. The summed E-state index contributed by atoms with van der Waals surface area (Å²) in [7, 11) is 1.27. The molecule has 5 heteroatoms. The Morgan fingerprint density at radius 2 is 1.94 bits per heavy atom. The van der Waals surface area contributed by atoms with E-state index in [4.69, 9.17) is 4.74 Å². The molecule has 0 radical (unpaired) electrons. The molecule has 0 atom stereocenters. The van der Waals surface area contributed by atoms with Gasteiger partial charge in [0.2, 0.25) is 11.9 Å². The molecule has 0 spiro atoms. The minimum absolute atomic E-state index is 0.113. The smallest absolute Gasteiger partial charge is 0.235 e. The van der Waals surface area contributed by atoms with E-state index in [0.717, 1.165) is 12.8 Å². The van der Waals surface area contributed by atoms with Crippen LogP contribution >= 0.6 is 0 Å². The first-order chi connectivity index (χ1) is 8.64. The van der Waals surface area contributed by atoms with Crippen molar-refractivity contribution < 1.29 is 18.3 Å². The van der Waals surface area contributed by atoms with E-state index in [2.05, 4.69) is 4.99 Å². The summed E-state index contributed by atoms with van der Waals surface area (Å²) < 4.78 is 32.4. The van der Waals surface area contributed by atoms with Crippen molar-refractivity contribution in [2.45, 2.75) is 31.2 Å². The summed E-state index contributed by atoms with van der Waals surface area (Å²) in [4.78, 5) is 14.3. The average Bonchev–Trinajstić information content (AvgIpc) is 2.82. The van der Waals surface area contributed by atoms with Gasteiger partial charge in [-0.3, -0.25) is 0 Å². The number of isocyanates is 1. The number of rotatable bonds is 3. The third kappa shape index (κ3) is 1.91. The third-order valence-corrected chi connectivity index (χ3v) is 3.46. The predicted molar refractivity (Wildman–Crippen MR) is 61.2 cm³/mol. The molecule has 1 aliphatic rings. The molecule has 1 saturated carbocycles. The number of halogens is 2. The number of hydrogen-bond donors (Lipinski definition) is 0. The Kier molecular flexibility index (Phi) is 3.43. The van der Waals surface area contributed by atoms with Crippen LogP contribution in [0.15, 0.2) is 17.1 Å². The lowest BCUT2D eigenvalue weighted by atomic mass is 9.88. The van der Waals surface area contributed by atoms with Crippen LogP contribution in [0.25, 0.3) is 0 Å². The van der Waals surface area contributed by atoms with Crippen molar-refractivity contribution in [2.75, 3.05) is 7.11 Å². The molecule has 18 heavy (non-hydrogen) atoms. The van der Waals surface area contributed by atoms with Crippen molar-refractivity contribution >= 4 is 6.08 Å². The zero-order valence-corrected chi connectivity index (χ0v) is 10.0. The summed E-state index contributed by atoms with van der Waals surface area (Å²) in [6.07, 6.45) is 4.21. The van der Waals surface area contributed by atoms with Crippen LogP contribution < -0.4 is 4.74 Å². The summed E-state index contributed by atoms with van der Waals surface area (Å²) in [5.41, 5.74) is -0.847. The van der Waals surface area contributed by atoms with Crippen LogP contribution in [-0.4, -0.2) is 13.2 Å². The number of ether oxygens (including phenoxy) is 1. The largest absolute Gasteiger partial charge is 0.494 e. The normalized spacial score (nSPS) is 17.3. The van der Waals surface area contributed by atoms with E-state index in [1.165, 1.54) is 25.3 Å². The number of benzene rings is 1. The minimum atomic E-state index is -1.04. The quantitative estimate of drug-likeness (QED) is 0.613. The van der Waals surface area contributed by atoms with Gasteiger partial charge in [-0.15, -0.1) is 0 Å². The Bertz CT molecular complexity index is 504. The molecule has 0 amide bonds. The molecule has 1 aromatic rings. The van der Waals surface area contributed by atoms with Crippen LogP contribution in [0, 0.1) is 11.6 Å². The van der Waals surface area contributed by atoms with Crippen LogP contribution in [0.1, 0.15) is 31.2 Å². The Morgan fingerprint density at radius 1 is 1.28 bits per heavy atom. The maximum absolute atomic E-state index is 14.0. The molecule has 1 fully saturated rings. The lowest BCUT2D eigenvalue weighted by Gasteiger charge is -2.23. The van der Waals surface area contributed by atoms with Crippen molar-refractivity contribution in [3.63, 3.8) is 0 Å². The summed E-state index contributed by atoms with van der Waals surface area (Å²) in [6, 6.07) is 2.79. The van der Waals surface area contributed by atoms with E-state index in [-0.39, 0.29) is 11.3 Å². The van der Waals surface area contributed by atoms with Gasteiger partial charge in [0, 0.05) is 5.56 Å². The van der Waals surface area contributed by atoms with Crippen molar-refractivity contribution in [2.24, 2.45) is 4.99 Å². The fourth-order valence-electron chi connectivity index (χ4n) is 2.54. The van der Waals surface area contributed by atoms with Gasteiger partial charge in [-0.25, -0.2) is 9.18 Å². The molecule has 0 bridgehead atoms. The minimum Gasteiger partial charge on any atom is -0.494 e. The molecule has 0 heterocycles. The van der Waals surface area contributed by atoms with E-state index in [0.29, 0.717) is 12.8 Å². The van der Waals surface area contributed by atoms with Crippen molar-refractivity contribution in [3.8, 4) is 5.75 Å². The number of aliphatic imine (C=N–C) groups is 1. The molecule has 0 aliphatic heterocycles. The Labute approximate surface area is 103 Å². The van der Waals surface area contributed by atoms with E-state index in [1.54, 1.807) is 0 Å². The van der Waals surface area contributed by atoms with Crippen LogP contribution in [-0.2, 0) is 10.3 Å². The van der Waals surface area contributed by atoms with Gasteiger partial charge in [0.15, 0.2) is 11.6 Å². The number of methoxy groups -OCH3 is 1. The fraction of sp³-hybridized carbons (Fsp3) is 0.462. The molecular formula is C13H13F2NO2. The average molecular weight is 253 g/mol. The summed E-state index contributed by atoms with van der Waals surface area (Å²) >= 11 is 0. The fourth-order valence-corrected chi connectivity index (χ4v) is 2.54. The maximum atomic E-state index is 14.0. The second-order valence-corrected chi connectivity index (χ2v) is 4.39. The van der Waals surface area contributed by atoms with Gasteiger partial charge in [-0.05, 0) is 25.0 Å². The van der Waals surface area contributed by atoms with E-state index < -0.39 is 17.2 Å². The van der Waals surface area contributed by atoms with Crippen LogP contribution in [0.4, 0.5) is 8.78 Å². The van der Waals surface area contributed by atoms with Crippen LogP contribution in [0.2, 0.25) is 0 Å². The standard InChI is InChI=1S/C13H13F2NO2/c1-18-10-5-4-9(11(14)12(10)15)13(16-8-17)6-2-3-7-13/h4-5H,2-3,6-7H2,1H3. The monoisotopic (exact) mass is 253 g/mol. The first-order valence-electron chi connectivity index (χ1n) is 5.76. The lowest BCUT2D eigenvalue weighted by molar-refractivity contribution is 0.359. The van der Waals surface area contributed by atoms with E-state index in [1.807, 2.05) is 0 Å². The number of hydrogen-bond acceptors (Lipinski definition) is 3. The topological polar surface area (TPSA) is 38.7 Å². The molecular weight excluding hydrogens is 240 g/mol. The van der Waals surface area contributed by atoms with Gasteiger partial charge in [0.25, 0.3) is 0 Å². The predicted octanol–water partition coefficient (Wildman–Crippen LogP) is 3.08. The molecule has 1 aromatic carbocycles. The zero-order chi connectivity index (χ0) is 13.2. The zero-order valence-electron chi connectivity index (χ0n) is 10.0. The van der Waals surface area contributed by atoms with Crippen LogP contribution in [0.3, 0.4) is 0 Å². The lowest BCUT2D eigenvalue weighted by Crippen LogP contribution is -2.21. The number of nitrogens with zero attached hydrogens (tertiary/aromatic N) is 1. The highest BCUT2D eigenvalue weighted by Crippen LogP contribution is 2.44. The Balaban J connectivity index is 2.56. The van der Waals surface area contributed by atoms with E-state index in [9.17, 15) is 13.6 Å². The third-order valence-electron chi connectivity index (χ3n) is 3.46. The van der Waals surface area contributed by atoms with Gasteiger partial charge in [0.1, 0.15) is 5.54 Å². The van der Waals surface area contributed by atoms with Crippen molar-refractivity contribution in [1.29, 1.82) is 0 Å². The Hall–Kier alpha value is -1.74. The van der Waals surface area contributed by atoms with Gasteiger partial charge in [0.05, 0.1) is 7.11 Å². The first-order valence-corrected chi connectivity index (χ1v) is 5.76.